The predicted molar refractivity (Wildman–Crippen MR) is 66.9 cm³/mol. The van der Waals surface area contributed by atoms with Crippen molar-refractivity contribution in [3.63, 3.8) is 0 Å². The van der Waals surface area contributed by atoms with E-state index < -0.39 is 56.0 Å². The number of aliphatic hydroxyl groups excluding tert-OH is 2. The van der Waals surface area contributed by atoms with Gasteiger partial charge in [-0.15, -0.1) is 0 Å². The number of rotatable bonds is 4. The molecule has 4 atom stereocenters. The van der Waals surface area contributed by atoms with E-state index in [9.17, 15) is 29.5 Å². The first-order valence-electron chi connectivity index (χ1n) is 5.86. The molecule has 1 aliphatic rings. The second kappa shape index (κ2) is 5.93. The molecule has 22 heavy (non-hydrogen) atoms. The largest absolute Gasteiger partial charge is 0.502 e. The summed E-state index contributed by atoms with van der Waals surface area (Å²) in [5, 5.41) is 28.9. The molecule has 1 aliphatic heterocycles. The second-order valence-electron chi connectivity index (χ2n) is 4.51. The van der Waals surface area contributed by atoms with Crippen molar-refractivity contribution in [2.75, 3.05) is 6.61 Å². The molecule has 0 saturated carbocycles. The molecule has 0 aliphatic carbocycles. The summed E-state index contributed by atoms with van der Waals surface area (Å²) in [6.07, 6.45) is -5.40. The van der Waals surface area contributed by atoms with E-state index in [2.05, 4.69) is 4.52 Å². The topological polar surface area (TPSA) is 192 Å². The molecule has 2 heterocycles. The predicted octanol–water partition coefficient (Wildman–Crippen LogP) is -3.03. The third-order valence-corrected chi connectivity index (χ3v) is 3.45. The Balaban J connectivity index is 2.23. The van der Waals surface area contributed by atoms with Crippen molar-refractivity contribution in [1.29, 1.82) is 0 Å². The molecule has 1 aromatic heterocycles. The quantitative estimate of drug-likeness (QED) is 0.307. The van der Waals surface area contributed by atoms with Gasteiger partial charge in [-0.3, -0.25) is 18.9 Å². The molecule has 0 unspecified atom stereocenters. The van der Waals surface area contributed by atoms with Crippen LogP contribution in [0.2, 0.25) is 0 Å². The molecule has 1 saturated heterocycles. The Bertz CT molecular complexity index is 707. The second-order valence-corrected chi connectivity index (χ2v) is 5.75. The van der Waals surface area contributed by atoms with Gasteiger partial charge in [-0.05, 0) is 0 Å². The van der Waals surface area contributed by atoms with Gasteiger partial charge >= 0.3 is 13.5 Å². The van der Waals surface area contributed by atoms with Crippen molar-refractivity contribution in [2.24, 2.45) is 0 Å². The lowest BCUT2D eigenvalue weighted by molar-refractivity contribution is -0.0545. The number of ether oxygens (including phenoxy) is 1. The zero-order valence-electron chi connectivity index (χ0n) is 10.8. The maximum absolute atomic E-state index is 11.6. The minimum absolute atomic E-state index is 0.627. The molecule has 1 fully saturated rings. The number of nitrogens with zero attached hydrogens (tertiary/aromatic N) is 1. The molecule has 1 aromatic rings. The van der Waals surface area contributed by atoms with Crippen LogP contribution < -0.4 is 11.2 Å². The van der Waals surface area contributed by atoms with Crippen LogP contribution in [0.3, 0.4) is 0 Å². The van der Waals surface area contributed by atoms with E-state index in [4.69, 9.17) is 14.5 Å². The van der Waals surface area contributed by atoms with Crippen LogP contribution >= 0.6 is 7.82 Å². The van der Waals surface area contributed by atoms with E-state index in [1.54, 1.807) is 4.98 Å². The molecule has 2 rings (SSSR count). The van der Waals surface area contributed by atoms with Gasteiger partial charge in [0, 0.05) is 0 Å². The summed E-state index contributed by atoms with van der Waals surface area (Å²) >= 11 is 0. The number of phosphoric acid groups is 1. The lowest BCUT2D eigenvalue weighted by atomic mass is 10.1. The highest BCUT2D eigenvalue weighted by Crippen LogP contribution is 2.38. The van der Waals surface area contributed by atoms with E-state index in [0.29, 0.717) is 10.8 Å². The zero-order valence-corrected chi connectivity index (χ0v) is 11.7. The van der Waals surface area contributed by atoms with E-state index in [0.717, 1.165) is 0 Å². The van der Waals surface area contributed by atoms with Crippen LogP contribution in [0, 0.1) is 0 Å². The van der Waals surface area contributed by atoms with Crippen LogP contribution in [-0.4, -0.2) is 59.6 Å². The maximum atomic E-state index is 11.6. The Kier molecular flexibility index (Phi) is 4.54. The molecule has 0 amide bonds. The lowest BCUT2D eigenvalue weighted by Crippen LogP contribution is -2.37. The highest BCUT2D eigenvalue weighted by atomic mass is 31.2. The van der Waals surface area contributed by atoms with Crippen molar-refractivity contribution >= 4 is 7.82 Å². The first-order chi connectivity index (χ1) is 10.1. The molecule has 13 heteroatoms. The van der Waals surface area contributed by atoms with Crippen molar-refractivity contribution in [1.82, 2.24) is 9.55 Å². The highest BCUT2D eigenvalue weighted by molar-refractivity contribution is 7.46. The fourth-order valence-electron chi connectivity index (χ4n) is 1.93. The highest BCUT2D eigenvalue weighted by Gasteiger charge is 2.45. The average Bonchev–Trinajstić information content (AvgIpc) is 2.68. The van der Waals surface area contributed by atoms with Crippen LogP contribution in [0.1, 0.15) is 6.23 Å². The summed E-state index contributed by atoms with van der Waals surface area (Å²) in [6.45, 7) is -0.747. The van der Waals surface area contributed by atoms with Crippen LogP contribution in [0.15, 0.2) is 15.8 Å². The van der Waals surface area contributed by atoms with E-state index in [-0.39, 0.29) is 0 Å². The first kappa shape index (κ1) is 16.8. The third kappa shape index (κ3) is 3.44. The number of nitrogens with one attached hydrogen (secondary N) is 1. The molecule has 0 radical (unpaired) electrons. The SMILES string of the molecule is O=c1[nH]c(=O)n([C@@H]2O[C@H](COP(=O)(O)O)[C@@H](O)[C@H]2O)cc1O. The van der Waals surface area contributed by atoms with Crippen LogP contribution in [0.5, 0.6) is 5.75 Å². The Labute approximate surface area is 121 Å². The Morgan fingerprint density at radius 2 is 1.95 bits per heavy atom. The number of H-pyrrole nitrogens is 1. The monoisotopic (exact) mass is 340 g/mol. The summed E-state index contributed by atoms with van der Waals surface area (Å²) in [4.78, 5) is 41.6. The van der Waals surface area contributed by atoms with Crippen molar-refractivity contribution in [2.45, 2.75) is 24.5 Å². The molecule has 12 nitrogen and oxygen atoms in total. The van der Waals surface area contributed by atoms with Gasteiger partial charge in [0.1, 0.15) is 18.3 Å². The molecular formula is C9H13N2O10P. The lowest BCUT2D eigenvalue weighted by Gasteiger charge is -2.17. The van der Waals surface area contributed by atoms with Crippen LogP contribution in [-0.2, 0) is 13.8 Å². The summed E-state index contributed by atoms with van der Waals surface area (Å²) in [5.41, 5.74) is -2.06. The Morgan fingerprint density at radius 3 is 2.55 bits per heavy atom. The van der Waals surface area contributed by atoms with Gasteiger partial charge in [0.25, 0.3) is 5.56 Å². The minimum atomic E-state index is -4.81. The standard InChI is InChI=1S/C9H13N2O10P/c12-3-1-11(9(16)10-7(3)15)8-6(14)5(13)4(21-8)2-20-22(17,18)19/h1,4-6,8,12-14H,2H2,(H,10,15,16)(H2,17,18,19)/t4-,5-,6-,8-/m1/s1. The maximum Gasteiger partial charge on any atom is 0.469 e. The van der Waals surface area contributed by atoms with E-state index in [1.807, 2.05) is 0 Å². The minimum Gasteiger partial charge on any atom is -0.502 e. The molecule has 124 valence electrons. The fourth-order valence-corrected chi connectivity index (χ4v) is 2.27. The van der Waals surface area contributed by atoms with Gasteiger partial charge in [-0.25, -0.2) is 9.36 Å². The van der Waals surface area contributed by atoms with E-state index in [1.165, 1.54) is 0 Å². The molecule has 0 aromatic carbocycles. The van der Waals surface area contributed by atoms with Crippen LogP contribution in [0.25, 0.3) is 0 Å². The van der Waals surface area contributed by atoms with Crippen molar-refractivity contribution < 1.29 is 38.9 Å². The summed E-state index contributed by atoms with van der Waals surface area (Å²) in [5.74, 6) is -0.820. The summed E-state index contributed by atoms with van der Waals surface area (Å²) in [7, 11) is -4.81. The van der Waals surface area contributed by atoms with Gasteiger partial charge in [-0.2, -0.15) is 0 Å². The van der Waals surface area contributed by atoms with Crippen LogP contribution in [0.4, 0.5) is 0 Å². The van der Waals surface area contributed by atoms with E-state index >= 15 is 0 Å². The van der Waals surface area contributed by atoms with Gasteiger partial charge < -0.3 is 29.8 Å². The van der Waals surface area contributed by atoms with Gasteiger partial charge in [0.2, 0.25) is 0 Å². The molecule has 6 N–H and O–H groups in total. The number of hydrogen-bond donors (Lipinski definition) is 6. The number of aromatic hydroxyl groups is 1. The average molecular weight is 340 g/mol. The Morgan fingerprint density at radius 1 is 1.32 bits per heavy atom. The number of aliphatic hydroxyl groups is 2. The summed E-state index contributed by atoms with van der Waals surface area (Å²) < 4.78 is 20.5. The molecule has 0 spiro atoms. The zero-order chi connectivity index (χ0) is 16.7. The smallest absolute Gasteiger partial charge is 0.469 e. The first-order valence-corrected chi connectivity index (χ1v) is 7.39. The number of hydrogen-bond acceptors (Lipinski definition) is 8. The van der Waals surface area contributed by atoms with Crippen molar-refractivity contribution in [3.8, 4) is 5.75 Å². The van der Waals surface area contributed by atoms with Gasteiger partial charge in [0.15, 0.2) is 12.0 Å². The van der Waals surface area contributed by atoms with Gasteiger partial charge in [0.05, 0.1) is 12.8 Å². The third-order valence-electron chi connectivity index (χ3n) is 2.97. The molecule has 0 bridgehead atoms. The molecular weight excluding hydrogens is 327 g/mol. The summed E-state index contributed by atoms with van der Waals surface area (Å²) in [6, 6.07) is 0. The number of phosphoric ester groups is 1. The number of aromatic nitrogens is 2. The Hall–Kier alpha value is -1.53. The fraction of sp³-hybridized carbons (Fsp3) is 0.556. The number of aromatic amines is 1. The normalized spacial score (nSPS) is 28.9. The van der Waals surface area contributed by atoms with Crippen molar-refractivity contribution in [3.05, 3.63) is 27.0 Å². The van der Waals surface area contributed by atoms with Gasteiger partial charge in [-0.1, -0.05) is 0 Å².